The number of thiophene rings is 1. The van der Waals surface area contributed by atoms with E-state index in [2.05, 4.69) is 20.6 Å². The van der Waals surface area contributed by atoms with Crippen LogP contribution in [0.4, 0.5) is 10.6 Å². The highest BCUT2D eigenvalue weighted by atomic mass is 35.5. The molecule has 2 aromatic heterocycles. The van der Waals surface area contributed by atoms with Crippen LogP contribution >= 0.6 is 22.9 Å². The zero-order chi connectivity index (χ0) is 26.5. The monoisotopic (exact) mass is 555 g/mol. The molecule has 1 saturated heterocycles. The van der Waals surface area contributed by atoms with E-state index in [4.69, 9.17) is 21.1 Å². The van der Waals surface area contributed by atoms with Gasteiger partial charge in [0.2, 0.25) is 11.4 Å². The maximum atomic E-state index is 13.4. The highest BCUT2D eigenvalue weighted by Gasteiger charge is 2.59. The predicted octanol–water partition coefficient (Wildman–Crippen LogP) is 3.45. The molecule has 2 aromatic rings. The number of hydrogen-bond donors (Lipinski definition) is 2. The Morgan fingerprint density at radius 2 is 2.03 bits per heavy atom. The van der Waals surface area contributed by atoms with Crippen molar-refractivity contribution in [1.82, 2.24) is 14.6 Å². The summed E-state index contributed by atoms with van der Waals surface area (Å²) in [6, 6.07) is 6.68. The smallest absolute Gasteiger partial charge is 0.414 e. The largest absolute Gasteiger partial charge is 0.444 e. The predicted molar refractivity (Wildman–Crippen MR) is 136 cm³/mol. The van der Waals surface area contributed by atoms with E-state index >= 15 is 0 Å². The number of aromatic nitrogens is 1. The Morgan fingerprint density at radius 3 is 2.69 bits per heavy atom. The highest BCUT2D eigenvalue weighted by Crippen LogP contribution is 2.50. The van der Waals surface area contributed by atoms with Crippen molar-refractivity contribution in [3.05, 3.63) is 44.7 Å². The molecule has 2 N–H and O–H groups in total. The number of amides is 2. The zero-order valence-corrected chi connectivity index (χ0v) is 22.7. The summed E-state index contributed by atoms with van der Waals surface area (Å²) in [5.41, 5.74) is -2.92. The zero-order valence-electron chi connectivity index (χ0n) is 20.3. The molecule has 0 aromatic carbocycles. The van der Waals surface area contributed by atoms with Crippen LogP contribution in [0, 0.1) is 6.92 Å². The van der Waals surface area contributed by atoms with Gasteiger partial charge in [-0.3, -0.25) is 10.1 Å². The first-order chi connectivity index (χ1) is 16.7. The standard InChI is InChI=1S/C22H26ClN5O6S2/c1-12-7-6-8-15(24-12)25-17(29)14-11-13(23)16(35-14)22-9-10-33-18(22)36(31,32)28(5)19(27-22)26-20(30)34-21(2,3)4/h6-8,11,18H,9-10H2,1-5H3,(H,24,25,29)(H,26,27,30). The van der Waals surface area contributed by atoms with Crippen LogP contribution in [0.15, 0.2) is 29.3 Å². The number of rotatable bonds is 3. The molecule has 0 radical (unpaired) electrons. The fraction of sp³-hybridized carbons (Fsp3) is 0.455. The number of nitrogens with one attached hydrogen (secondary N) is 2. The Balaban J connectivity index is 1.72. The van der Waals surface area contributed by atoms with Crippen molar-refractivity contribution >= 4 is 56.7 Å². The molecule has 194 valence electrons. The number of carbonyl (C=O) groups is 2. The lowest BCUT2D eigenvalue weighted by Crippen LogP contribution is -2.57. The fourth-order valence-electron chi connectivity index (χ4n) is 3.88. The number of aryl methyl sites for hydroxylation is 1. The lowest BCUT2D eigenvalue weighted by atomic mass is 9.97. The second-order valence-electron chi connectivity index (χ2n) is 9.36. The molecular weight excluding hydrogens is 530 g/mol. The van der Waals surface area contributed by atoms with Crippen LogP contribution in [0.25, 0.3) is 0 Å². The molecule has 36 heavy (non-hydrogen) atoms. The first-order valence-electron chi connectivity index (χ1n) is 11.0. The molecule has 4 rings (SSSR count). The van der Waals surface area contributed by atoms with Gasteiger partial charge in [-0.15, -0.1) is 11.3 Å². The number of hydrogen-bond acceptors (Lipinski definition) is 9. The van der Waals surface area contributed by atoms with Crippen molar-refractivity contribution in [3.8, 4) is 0 Å². The van der Waals surface area contributed by atoms with Gasteiger partial charge in [0.15, 0.2) is 0 Å². The van der Waals surface area contributed by atoms with Gasteiger partial charge in [-0.05, 0) is 45.9 Å². The van der Waals surface area contributed by atoms with Crippen LogP contribution in [0.5, 0.6) is 0 Å². The van der Waals surface area contributed by atoms with Gasteiger partial charge in [-0.2, -0.15) is 0 Å². The minimum Gasteiger partial charge on any atom is -0.444 e. The first kappa shape index (κ1) is 26.3. The summed E-state index contributed by atoms with van der Waals surface area (Å²) in [7, 11) is -2.85. The third kappa shape index (κ3) is 4.92. The maximum absolute atomic E-state index is 13.4. The van der Waals surface area contributed by atoms with Crippen LogP contribution in [-0.2, 0) is 25.0 Å². The van der Waals surface area contributed by atoms with Gasteiger partial charge in [-0.25, -0.2) is 27.5 Å². The molecule has 2 aliphatic rings. The number of alkyl carbamates (subject to hydrolysis) is 1. The van der Waals surface area contributed by atoms with Gasteiger partial charge in [0.25, 0.3) is 15.9 Å². The van der Waals surface area contributed by atoms with Crippen LogP contribution in [0.1, 0.15) is 47.4 Å². The van der Waals surface area contributed by atoms with Gasteiger partial charge in [0.1, 0.15) is 17.0 Å². The number of anilines is 1. The van der Waals surface area contributed by atoms with Gasteiger partial charge in [0.05, 0.1) is 21.4 Å². The molecule has 14 heteroatoms. The topological polar surface area (TPSA) is 139 Å². The number of pyridine rings is 1. The van der Waals surface area contributed by atoms with Crippen LogP contribution < -0.4 is 10.6 Å². The third-order valence-corrected chi connectivity index (χ3v) is 9.16. The van der Waals surface area contributed by atoms with Crippen molar-refractivity contribution in [2.24, 2.45) is 4.99 Å². The minimum atomic E-state index is -4.12. The van der Waals surface area contributed by atoms with E-state index in [0.717, 1.165) is 21.3 Å². The highest BCUT2D eigenvalue weighted by molar-refractivity contribution is 7.90. The number of sulfonamides is 1. The molecule has 2 aliphatic heterocycles. The number of aliphatic imine (C=N–C) groups is 1. The summed E-state index contributed by atoms with van der Waals surface area (Å²) in [4.78, 5) is 34.8. The normalized spacial score (nSPS) is 23.0. The van der Waals surface area contributed by atoms with Gasteiger partial charge >= 0.3 is 6.09 Å². The van der Waals surface area contributed by atoms with Crippen LogP contribution in [0.2, 0.25) is 5.02 Å². The summed E-state index contributed by atoms with van der Waals surface area (Å²) < 4.78 is 38.5. The van der Waals surface area contributed by atoms with E-state index in [9.17, 15) is 18.0 Å². The Morgan fingerprint density at radius 1 is 1.31 bits per heavy atom. The van der Waals surface area contributed by atoms with Crippen molar-refractivity contribution in [3.63, 3.8) is 0 Å². The van der Waals surface area contributed by atoms with Gasteiger partial charge in [-0.1, -0.05) is 17.7 Å². The van der Waals surface area contributed by atoms with E-state index in [0.29, 0.717) is 10.7 Å². The van der Waals surface area contributed by atoms with Crippen molar-refractivity contribution < 1.29 is 27.5 Å². The maximum Gasteiger partial charge on any atom is 0.414 e. The quantitative estimate of drug-likeness (QED) is 0.591. The Bertz CT molecular complexity index is 1350. The van der Waals surface area contributed by atoms with Crippen molar-refractivity contribution in [1.29, 1.82) is 0 Å². The molecule has 0 bridgehead atoms. The lowest BCUT2D eigenvalue weighted by molar-refractivity contribution is 0.0557. The second kappa shape index (κ2) is 9.29. The Labute approximate surface area is 217 Å². The molecule has 2 atom stereocenters. The summed E-state index contributed by atoms with van der Waals surface area (Å²) in [6.07, 6.45) is -0.691. The number of guanidine groups is 1. The number of carbonyl (C=O) groups excluding carboxylic acids is 2. The Hall–Kier alpha value is -2.74. The number of fused-ring (bicyclic) bond motifs is 1. The molecule has 2 unspecified atom stereocenters. The lowest BCUT2D eigenvalue weighted by Gasteiger charge is -2.38. The van der Waals surface area contributed by atoms with Crippen molar-refractivity contribution in [2.45, 2.75) is 50.7 Å². The minimum absolute atomic E-state index is 0.0872. The van der Waals surface area contributed by atoms with Crippen molar-refractivity contribution in [2.75, 3.05) is 19.0 Å². The molecule has 11 nitrogen and oxygen atoms in total. The average molecular weight is 556 g/mol. The van der Waals surface area contributed by atoms with E-state index in [1.807, 2.05) is 0 Å². The molecule has 0 saturated carbocycles. The summed E-state index contributed by atoms with van der Waals surface area (Å²) in [6.45, 7) is 6.94. The number of halogens is 1. The number of ether oxygens (including phenoxy) is 2. The molecule has 2 amide bonds. The molecule has 0 spiro atoms. The summed E-state index contributed by atoms with van der Waals surface area (Å²) in [5, 5.41) is 5.31. The molecule has 1 fully saturated rings. The van der Waals surface area contributed by atoms with E-state index in [1.165, 1.54) is 13.1 Å². The van der Waals surface area contributed by atoms with E-state index in [-0.39, 0.29) is 28.9 Å². The van der Waals surface area contributed by atoms with Gasteiger partial charge < -0.3 is 14.8 Å². The fourth-order valence-corrected chi connectivity index (χ4v) is 7.20. The van der Waals surface area contributed by atoms with Gasteiger partial charge in [0, 0.05) is 19.2 Å². The van der Waals surface area contributed by atoms with E-state index < -0.39 is 38.6 Å². The molecule has 0 aliphatic carbocycles. The first-order valence-corrected chi connectivity index (χ1v) is 13.7. The summed E-state index contributed by atoms with van der Waals surface area (Å²) in [5.74, 6) is -0.314. The Kier molecular flexibility index (Phi) is 6.79. The molecule has 4 heterocycles. The number of nitrogens with zero attached hydrogens (tertiary/aromatic N) is 3. The third-order valence-electron chi connectivity index (χ3n) is 5.44. The average Bonchev–Trinajstić information content (AvgIpc) is 3.36. The van der Waals surface area contributed by atoms with Crippen LogP contribution in [-0.4, -0.2) is 60.4 Å². The SMILES string of the molecule is Cc1cccc(NC(=O)c2cc(Cl)c(C34CCOC3S(=O)(=O)N(C)C(NC(=O)OC(C)(C)C)=N4)s2)n1. The molecular formula is C22H26ClN5O6S2. The van der Waals surface area contributed by atoms with E-state index in [1.54, 1.807) is 45.9 Å². The summed E-state index contributed by atoms with van der Waals surface area (Å²) >= 11 is 7.56. The van der Waals surface area contributed by atoms with Crippen LogP contribution in [0.3, 0.4) is 0 Å². The second-order valence-corrected chi connectivity index (χ2v) is 12.8.